The summed E-state index contributed by atoms with van der Waals surface area (Å²) in [5.74, 6) is 0.241. The number of furan rings is 1. The first-order chi connectivity index (χ1) is 6.33. The Kier molecular flexibility index (Phi) is 3.50. The van der Waals surface area contributed by atoms with Gasteiger partial charge in [-0.25, -0.2) is 0 Å². The van der Waals surface area contributed by atoms with Crippen molar-refractivity contribution in [3.05, 3.63) is 30.2 Å². The molecule has 0 unspecified atom stereocenters. The van der Waals surface area contributed by atoms with Crippen molar-refractivity contribution in [1.82, 2.24) is 5.32 Å². The molecule has 0 fully saturated rings. The van der Waals surface area contributed by atoms with Gasteiger partial charge < -0.3 is 9.73 Å². The molecule has 1 heterocycles. The smallest absolute Gasteiger partial charge is 0.244 e. The van der Waals surface area contributed by atoms with Gasteiger partial charge in [-0.3, -0.25) is 9.59 Å². The number of rotatable bonds is 4. The Hall–Kier alpha value is -1.84. The lowest BCUT2D eigenvalue weighted by molar-refractivity contribution is -0.116. The van der Waals surface area contributed by atoms with Gasteiger partial charge in [0, 0.05) is 6.08 Å². The van der Waals surface area contributed by atoms with E-state index in [0.717, 1.165) is 0 Å². The van der Waals surface area contributed by atoms with Crippen molar-refractivity contribution in [3.8, 4) is 0 Å². The van der Waals surface area contributed by atoms with Crippen molar-refractivity contribution in [2.45, 2.75) is 0 Å². The Morgan fingerprint density at radius 1 is 1.69 bits per heavy atom. The summed E-state index contributed by atoms with van der Waals surface area (Å²) in [5.41, 5.74) is 0. The lowest BCUT2D eigenvalue weighted by Crippen LogP contribution is -2.22. The van der Waals surface area contributed by atoms with Crippen LogP contribution >= 0.6 is 0 Å². The normalized spacial score (nSPS) is 10.2. The van der Waals surface area contributed by atoms with Gasteiger partial charge in [0.25, 0.3) is 0 Å². The second-order valence-electron chi connectivity index (χ2n) is 2.21. The molecule has 0 bridgehead atoms. The molecule has 1 N–H and O–H groups in total. The van der Waals surface area contributed by atoms with Crippen LogP contribution < -0.4 is 5.32 Å². The van der Waals surface area contributed by atoms with E-state index in [2.05, 4.69) is 5.32 Å². The predicted molar refractivity (Wildman–Crippen MR) is 46.4 cm³/mol. The van der Waals surface area contributed by atoms with E-state index in [1.807, 2.05) is 0 Å². The van der Waals surface area contributed by atoms with Crippen molar-refractivity contribution in [2.75, 3.05) is 6.54 Å². The summed E-state index contributed by atoms with van der Waals surface area (Å²) in [4.78, 5) is 20.6. The quantitative estimate of drug-likeness (QED) is 0.683. The van der Waals surface area contributed by atoms with Crippen molar-refractivity contribution in [1.29, 1.82) is 0 Å². The van der Waals surface area contributed by atoms with E-state index < -0.39 is 0 Å². The zero-order valence-electron chi connectivity index (χ0n) is 6.82. The first-order valence-electron chi connectivity index (χ1n) is 3.67. The molecule has 4 heteroatoms. The standard InChI is InChI=1S/C9H8NO3/c11-6-5-10-9(12)4-3-8-2-1-7-13-8/h1-4,7H,5H2,(H,10,12). The van der Waals surface area contributed by atoms with Crippen LogP contribution in [0.25, 0.3) is 6.08 Å². The Morgan fingerprint density at radius 2 is 2.54 bits per heavy atom. The Labute approximate surface area is 75.2 Å². The van der Waals surface area contributed by atoms with Crippen LogP contribution in [-0.2, 0) is 9.59 Å². The van der Waals surface area contributed by atoms with Gasteiger partial charge in [0.15, 0.2) is 0 Å². The summed E-state index contributed by atoms with van der Waals surface area (Å²) in [6.07, 6.45) is 5.87. The number of carbonyl (C=O) groups is 1. The molecule has 4 nitrogen and oxygen atoms in total. The Balaban J connectivity index is 2.39. The molecule has 0 atom stereocenters. The van der Waals surface area contributed by atoms with Gasteiger partial charge in [0.1, 0.15) is 5.76 Å². The number of amides is 1. The minimum absolute atomic E-state index is 0.0959. The topological polar surface area (TPSA) is 59.3 Å². The van der Waals surface area contributed by atoms with E-state index in [-0.39, 0.29) is 12.5 Å². The SMILES string of the molecule is O=[C]CNC(=O)C=Cc1ccco1. The molecule has 13 heavy (non-hydrogen) atoms. The van der Waals surface area contributed by atoms with Gasteiger partial charge in [-0.15, -0.1) is 0 Å². The molecule has 1 aromatic heterocycles. The van der Waals surface area contributed by atoms with Crippen LogP contribution in [0.3, 0.4) is 0 Å². The maximum atomic E-state index is 10.9. The van der Waals surface area contributed by atoms with E-state index in [4.69, 9.17) is 4.42 Å². The molecule has 0 aliphatic rings. The van der Waals surface area contributed by atoms with E-state index in [1.54, 1.807) is 18.4 Å². The third kappa shape index (κ3) is 3.37. The van der Waals surface area contributed by atoms with Crippen LogP contribution in [-0.4, -0.2) is 18.7 Å². The Bertz CT molecular complexity index is 301. The van der Waals surface area contributed by atoms with Crippen LogP contribution in [0.1, 0.15) is 5.76 Å². The fourth-order valence-corrected chi connectivity index (χ4v) is 0.726. The van der Waals surface area contributed by atoms with E-state index in [0.29, 0.717) is 5.76 Å². The second kappa shape index (κ2) is 4.92. The maximum Gasteiger partial charge on any atom is 0.244 e. The predicted octanol–water partition coefficient (Wildman–Crippen LogP) is 0.519. The highest BCUT2D eigenvalue weighted by Crippen LogP contribution is 2.01. The highest BCUT2D eigenvalue weighted by Gasteiger charge is 1.93. The van der Waals surface area contributed by atoms with Crippen LogP contribution in [0.15, 0.2) is 28.9 Å². The first-order valence-corrected chi connectivity index (χ1v) is 3.67. The average molecular weight is 178 g/mol. The van der Waals surface area contributed by atoms with Gasteiger partial charge in [0.2, 0.25) is 12.2 Å². The van der Waals surface area contributed by atoms with Gasteiger partial charge in [-0.2, -0.15) is 0 Å². The molecule has 1 amide bonds. The van der Waals surface area contributed by atoms with Crippen molar-refractivity contribution in [2.24, 2.45) is 0 Å². The Morgan fingerprint density at radius 3 is 3.15 bits per heavy atom. The third-order valence-electron chi connectivity index (χ3n) is 1.28. The molecule has 0 aliphatic heterocycles. The number of carbonyl (C=O) groups excluding carboxylic acids is 2. The summed E-state index contributed by atoms with van der Waals surface area (Å²) in [6.45, 7) is -0.0959. The maximum absolute atomic E-state index is 10.9. The van der Waals surface area contributed by atoms with Crippen molar-refractivity contribution < 1.29 is 14.0 Å². The summed E-state index contributed by atoms with van der Waals surface area (Å²) in [6, 6.07) is 3.44. The summed E-state index contributed by atoms with van der Waals surface area (Å²) < 4.78 is 4.94. The molecule has 1 radical (unpaired) electrons. The minimum Gasteiger partial charge on any atom is -0.465 e. The fourth-order valence-electron chi connectivity index (χ4n) is 0.726. The van der Waals surface area contributed by atoms with Crippen LogP contribution in [0.5, 0.6) is 0 Å². The molecule has 1 aromatic rings. The fraction of sp³-hybridized carbons (Fsp3) is 0.111. The van der Waals surface area contributed by atoms with Gasteiger partial charge in [-0.05, 0) is 18.2 Å². The molecule has 0 saturated carbocycles. The molecule has 0 spiro atoms. The minimum atomic E-state index is -0.347. The zero-order valence-corrected chi connectivity index (χ0v) is 6.82. The average Bonchev–Trinajstić information content (AvgIpc) is 2.64. The zero-order chi connectivity index (χ0) is 9.52. The monoisotopic (exact) mass is 178 g/mol. The molecular formula is C9H8NO3. The highest BCUT2D eigenvalue weighted by atomic mass is 16.3. The number of hydrogen-bond donors (Lipinski definition) is 1. The lowest BCUT2D eigenvalue weighted by Gasteiger charge is -1.91. The van der Waals surface area contributed by atoms with Crippen LogP contribution in [0, 0.1) is 0 Å². The van der Waals surface area contributed by atoms with Crippen molar-refractivity contribution in [3.63, 3.8) is 0 Å². The van der Waals surface area contributed by atoms with E-state index >= 15 is 0 Å². The molecular weight excluding hydrogens is 170 g/mol. The van der Waals surface area contributed by atoms with E-state index in [9.17, 15) is 9.59 Å². The summed E-state index contributed by atoms with van der Waals surface area (Å²) >= 11 is 0. The second-order valence-corrected chi connectivity index (χ2v) is 2.21. The van der Waals surface area contributed by atoms with Gasteiger partial charge >= 0.3 is 0 Å². The number of nitrogens with one attached hydrogen (secondary N) is 1. The van der Waals surface area contributed by atoms with Gasteiger partial charge in [0.05, 0.1) is 12.8 Å². The summed E-state index contributed by atoms with van der Waals surface area (Å²) in [5, 5.41) is 2.30. The van der Waals surface area contributed by atoms with E-state index in [1.165, 1.54) is 18.4 Å². The number of hydrogen-bond acceptors (Lipinski definition) is 3. The third-order valence-corrected chi connectivity index (χ3v) is 1.28. The highest BCUT2D eigenvalue weighted by molar-refractivity contribution is 5.92. The largest absolute Gasteiger partial charge is 0.465 e. The molecule has 0 aliphatic carbocycles. The van der Waals surface area contributed by atoms with Gasteiger partial charge in [-0.1, -0.05) is 0 Å². The molecule has 67 valence electrons. The molecule has 0 aromatic carbocycles. The molecule has 0 saturated heterocycles. The summed E-state index contributed by atoms with van der Waals surface area (Å²) in [7, 11) is 0. The van der Waals surface area contributed by atoms with Crippen LogP contribution in [0.4, 0.5) is 0 Å². The molecule has 1 rings (SSSR count). The lowest BCUT2D eigenvalue weighted by atomic mass is 10.4. The van der Waals surface area contributed by atoms with Crippen LogP contribution in [0.2, 0.25) is 0 Å². The van der Waals surface area contributed by atoms with Crippen molar-refractivity contribution >= 4 is 18.3 Å². The first kappa shape index (κ1) is 9.25.